The Bertz CT molecular complexity index is 978. The van der Waals surface area contributed by atoms with Gasteiger partial charge in [-0.3, -0.25) is 0 Å². The lowest BCUT2D eigenvalue weighted by Gasteiger charge is -2.08. The van der Waals surface area contributed by atoms with Crippen LogP contribution in [0, 0.1) is 4.77 Å². The van der Waals surface area contributed by atoms with Gasteiger partial charge in [0.1, 0.15) is 17.2 Å². The zero-order chi connectivity index (χ0) is 17.8. The molecule has 128 valence electrons. The summed E-state index contributed by atoms with van der Waals surface area (Å²) in [5.41, 5.74) is 1.17. The molecule has 0 aliphatic carbocycles. The zero-order valence-electron chi connectivity index (χ0n) is 13.4. The first kappa shape index (κ1) is 16.7. The highest BCUT2D eigenvalue weighted by molar-refractivity contribution is 7.71. The number of H-pyrrole nitrogens is 1. The van der Waals surface area contributed by atoms with Gasteiger partial charge in [0.25, 0.3) is 0 Å². The van der Waals surface area contributed by atoms with E-state index in [9.17, 15) is 10.2 Å². The zero-order valence-corrected chi connectivity index (χ0v) is 14.2. The van der Waals surface area contributed by atoms with Crippen LogP contribution in [0.15, 0.2) is 47.6 Å². The van der Waals surface area contributed by atoms with Crippen LogP contribution in [0.25, 0.3) is 11.4 Å². The van der Waals surface area contributed by atoms with Gasteiger partial charge in [0.2, 0.25) is 4.77 Å². The first-order valence-corrected chi connectivity index (χ1v) is 7.97. The number of hydrogen-bond acceptors (Lipinski definition) is 6. The van der Waals surface area contributed by atoms with E-state index < -0.39 is 0 Å². The lowest BCUT2D eigenvalue weighted by Crippen LogP contribution is -1.99. The van der Waals surface area contributed by atoms with Crippen molar-refractivity contribution in [2.45, 2.75) is 6.92 Å². The highest BCUT2D eigenvalue weighted by Crippen LogP contribution is 2.28. The Labute approximate surface area is 148 Å². The molecule has 1 aromatic heterocycles. The average Bonchev–Trinajstić information content (AvgIpc) is 2.96. The third-order valence-electron chi connectivity index (χ3n) is 3.40. The van der Waals surface area contributed by atoms with Gasteiger partial charge in [0.05, 0.1) is 18.4 Å². The van der Waals surface area contributed by atoms with Gasteiger partial charge in [-0.2, -0.15) is 14.9 Å². The number of hydrogen-bond donors (Lipinski definition) is 3. The van der Waals surface area contributed by atoms with E-state index in [0.717, 1.165) is 5.56 Å². The molecule has 0 spiro atoms. The first-order chi connectivity index (χ1) is 12.1. The summed E-state index contributed by atoms with van der Waals surface area (Å²) in [7, 11) is 0. The van der Waals surface area contributed by atoms with Gasteiger partial charge < -0.3 is 14.9 Å². The molecule has 0 saturated heterocycles. The molecule has 1 heterocycles. The number of para-hydroxylation sites is 1. The third-order valence-corrected chi connectivity index (χ3v) is 3.67. The van der Waals surface area contributed by atoms with Crippen molar-refractivity contribution < 1.29 is 14.9 Å². The van der Waals surface area contributed by atoms with E-state index in [1.807, 2.05) is 31.2 Å². The second-order valence-electron chi connectivity index (χ2n) is 5.08. The van der Waals surface area contributed by atoms with Crippen LogP contribution >= 0.6 is 12.2 Å². The molecular weight excluding hydrogens is 340 g/mol. The van der Waals surface area contributed by atoms with Crippen LogP contribution in [0.4, 0.5) is 0 Å². The molecule has 0 radical (unpaired) electrons. The van der Waals surface area contributed by atoms with Crippen molar-refractivity contribution in [3.8, 4) is 28.6 Å². The molecule has 3 rings (SSSR count). The molecule has 0 aliphatic rings. The maximum Gasteiger partial charge on any atom is 0.216 e. The topological polar surface area (TPSA) is 95.7 Å². The minimum Gasteiger partial charge on any atom is -0.508 e. The number of aromatic amines is 1. The molecular formula is C17H16N4O3S. The molecule has 0 unspecified atom stereocenters. The summed E-state index contributed by atoms with van der Waals surface area (Å²) < 4.78 is 7.38. The van der Waals surface area contributed by atoms with E-state index in [-0.39, 0.29) is 11.5 Å². The van der Waals surface area contributed by atoms with Crippen molar-refractivity contribution in [1.29, 1.82) is 0 Å². The van der Waals surface area contributed by atoms with Crippen LogP contribution in [0.1, 0.15) is 12.5 Å². The van der Waals surface area contributed by atoms with Crippen molar-refractivity contribution in [2.24, 2.45) is 5.10 Å². The number of nitrogens with one attached hydrogen (secondary N) is 1. The maximum atomic E-state index is 9.86. The molecule has 0 amide bonds. The Morgan fingerprint density at radius 2 is 2.08 bits per heavy atom. The van der Waals surface area contributed by atoms with E-state index in [4.69, 9.17) is 17.0 Å². The van der Waals surface area contributed by atoms with Crippen molar-refractivity contribution >= 4 is 18.4 Å². The van der Waals surface area contributed by atoms with E-state index in [0.29, 0.717) is 28.5 Å². The highest BCUT2D eigenvalue weighted by Gasteiger charge is 2.13. The Morgan fingerprint density at radius 1 is 1.28 bits per heavy atom. The average molecular weight is 356 g/mol. The summed E-state index contributed by atoms with van der Waals surface area (Å²) in [6.07, 6.45) is 1.44. The van der Waals surface area contributed by atoms with Crippen LogP contribution in [0.5, 0.6) is 17.2 Å². The van der Waals surface area contributed by atoms with Gasteiger partial charge in [0.15, 0.2) is 5.82 Å². The summed E-state index contributed by atoms with van der Waals surface area (Å²) >= 11 is 5.24. The fraction of sp³-hybridized carbons (Fsp3) is 0.118. The number of phenols is 2. The summed E-state index contributed by atoms with van der Waals surface area (Å²) in [6.45, 7) is 2.42. The third kappa shape index (κ3) is 3.53. The standard InChI is InChI=1S/C17H16N4O3S/c1-2-24-15-6-4-3-5-13(15)16-19-20-17(25)21(16)18-10-11-7-8-12(22)9-14(11)23/h3-10,22-23H,2H2,1H3,(H,20,25)/b18-10+. The number of aromatic nitrogens is 3. The Morgan fingerprint density at radius 3 is 2.84 bits per heavy atom. The smallest absolute Gasteiger partial charge is 0.216 e. The molecule has 7 nitrogen and oxygen atoms in total. The maximum absolute atomic E-state index is 9.86. The van der Waals surface area contributed by atoms with Gasteiger partial charge in [-0.1, -0.05) is 12.1 Å². The van der Waals surface area contributed by atoms with Crippen LogP contribution in [-0.4, -0.2) is 37.9 Å². The number of nitrogens with zero attached hydrogens (tertiary/aromatic N) is 3. The van der Waals surface area contributed by atoms with Gasteiger partial charge >= 0.3 is 0 Å². The van der Waals surface area contributed by atoms with Gasteiger partial charge in [0, 0.05) is 11.6 Å². The molecule has 0 fully saturated rings. The minimum absolute atomic E-state index is 0.0269. The van der Waals surface area contributed by atoms with Crippen LogP contribution in [0.2, 0.25) is 0 Å². The Balaban J connectivity index is 2.03. The molecule has 2 aromatic carbocycles. The molecule has 8 heteroatoms. The van der Waals surface area contributed by atoms with E-state index >= 15 is 0 Å². The number of phenolic OH excluding ortho intramolecular Hbond substituents is 2. The summed E-state index contributed by atoms with van der Waals surface area (Å²) in [4.78, 5) is 0. The Kier molecular flexibility index (Phi) is 4.80. The SMILES string of the molecule is CCOc1ccccc1-c1n[nH]c(=S)n1/N=C/c1ccc(O)cc1O. The first-order valence-electron chi connectivity index (χ1n) is 7.56. The lowest BCUT2D eigenvalue weighted by molar-refractivity contribution is 0.341. The fourth-order valence-corrected chi connectivity index (χ4v) is 2.45. The number of aromatic hydroxyl groups is 2. The predicted molar refractivity (Wildman–Crippen MR) is 96.8 cm³/mol. The van der Waals surface area contributed by atoms with E-state index in [1.54, 1.807) is 6.07 Å². The molecule has 0 bridgehead atoms. The molecule has 0 aliphatic heterocycles. The highest BCUT2D eigenvalue weighted by atomic mass is 32.1. The second-order valence-corrected chi connectivity index (χ2v) is 5.47. The van der Waals surface area contributed by atoms with Gasteiger partial charge in [-0.05, 0) is 43.4 Å². The van der Waals surface area contributed by atoms with Gasteiger partial charge in [-0.15, -0.1) is 0 Å². The van der Waals surface area contributed by atoms with Crippen LogP contribution < -0.4 is 4.74 Å². The number of benzene rings is 2. The molecule has 3 N–H and O–H groups in total. The number of ether oxygens (including phenoxy) is 1. The lowest BCUT2D eigenvalue weighted by atomic mass is 10.2. The monoisotopic (exact) mass is 356 g/mol. The van der Waals surface area contributed by atoms with E-state index in [2.05, 4.69) is 15.3 Å². The van der Waals surface area contributed by atoms with Crippen molar-refractivity contribution in [3.63, 3.8) is 0 Å². The predicted octanol–water partition coefficient (Wildman–Crippen LogP) is 3.30. The van der Waals surface area contributed by atoms with Crippen molar-refractivity contribution in [1.82, 2.24) is 14.9 Å². The second kappa shape index (κ2) is 7.18. The summed E-state index contributed by atoms with van der Waals surface area (Å²) in [5, 5.41) is 30.4. The number of rotatable bonds is 5. The molecule has 0 atom stereocenters. The Hall–Kier alpha value is -3.13. The fourth-order valence-electron chi connectivity index (χ4n) is 2.27. The normalized spacial score (nSPS) is 11.1. The van der Waals surface area contributed by atoms with Gasteiger partial charge in [-0.25, -0.2) is 5.10 Å². The van der Waals surface area contributed by atoms with Crippen LogP contribution in [-0.2, 0) is 0 Å². The minimum atomic E-state index is -0.0879. The van der Waals surface area contributed by atoms with Crippen molar-refractivity contribution in [3.05, 3.63) is 52.8 Å². The summed E-state index contributed by atoms with van der Waals surface area (Å²) in [6, 6.07) is 11.7. The largest absolute Gasteiger partial charge is 0.508 e. The molecule has 0 saturated carbocycles. The van der Waals surface area contributed by atoms with E-state index in [1.165, 1.54) is 23.0 Å². The summed E-state index contributed by atoms with van der Waals surface area (Å²) in [5.74, 6) is 1.04. The van der Waals surface area contributed by atoms with Crippen LogP contribution in [0.3, 0.4) is 0 Å². The molecule has 25 heavy (non-hydrogen) atoms. The molecule has 3 aromatic rings. The van der Waals surface area contributed by atoms with Crippen molar-refractivity contribution in [2.75, 3.05) is 6.61 Å². The quantitative estimate of drug-likeness (QED) is 0.481.